The van der Waals surface area contributed by atoms with E-state index in [0.717, 1.165) is 29.6 Å². The monoisotopic (exact) mass is 258 g/mol. The predicted octanol–water partition coefficient (Wildman–Crippen LogP) is 2.91. The second-order valence-corrected chi connectivity index (χ2v) is 5.11. The van der Waals surface area contributed by atoms with Gasteiger partial charge in [0.25, 0.3) is 5.56 Å². The summed E-state index contributed by atoms with van der Waals surface area (Å²) in [4.78, 5) is 16.4. The van der Waals surface area contributed by atoms with Crippen molar-refractivity contribution >= 4 is 11.0 Å². The molecule has 1 aromatic carbocycles. The highest BCUT2D eigenvalue weighted by Gasteiger charge is 2.18. The molecule has 1 fully saturated rings. The van der Waals surface area contributed by atoms with Gasteiger partial charge in [0, 0.05) is 12.1 Å². The SMILES string of the molecule is COc1ccc2ncc(=O)n(C3CCCCC3)c2c1. The Morgan fingerprint density at radius 3 is 2.79 bits per heavy atom. The summed E-state index contributed by atoms with van der Waals surface area (Å²) in [6.07, 6.45) is 7.27. The molecule has 0 bridgehead atoms. The lowest BCUT2D eigenvalue weighted by molar-refractivity contribution is 0.353. The summed E-state index contributed by atoms with van der Waals surface area (Å²) >= 11 is 0. The molecule has 0 radical (unpaired) electrons. The van der Waals surface area contributed by atoms with Crippen LogP contribution in [0.3, 0.4) is 0 Å². The van der Waals surface area contributed by atoms with Gasteiger partial charge in [0.2, 0.25) is 0 Å². The predicted molar refractivity (Wildman–Crippen MR) is 74.7 cm³/mol. The van der Waals surface area contributed by atoms with E-state index in [2.05, 4.69) is 4.98 Å². The van der Waals surface area contributed by atoms with Crippen LogP contribution in [0.1, 0.15) is 38.1 Å². The number of benzene rings is 1. The molecule has 2 aromatic rings. The summed E-state index contributed by atoms with van der Waals surface area (Å²) in [5.74, 6) is 0.768. The summed E-state index contributed by atoms with van der Waals surface area (Å²) in [6.45, 7) is 0. The number of aromatic nitrogens is 2. The zero-order chi connectivity index (χ0) is 13.2. The topological polar surface area (TPSA) is 44.1 Å². The van der Waals surface area contributed by atoms with E-state index in [1.807, 2.05) is 22.8 Å². The van der Waals surface area contributed by atoms with Gasteiger partial charge in [-0.15, -0.1) is 0 Å². The van der Waals surface area contributed by atoms with Gasteiger partial charge >= 0.3 is 0 Å². The smallest absolute Gasteiger partial charge is 0.269 e. The largest absolute Gasteiger partial charge is 0.497 e. The van der Waals surface area contributed by atoms with Crippen LogP contribution in [0.4, 0.5) is 0 Å². The maximum absolute atomic E-state index is 12.2. The molecule has 3 rings (SSSR count). The Labute approximate surface area is 112 Å². The van der Waals surface area contributed by atoms with Gasteiger partial charge in [-0.05, 0) is 25.0 Å². The van der Waals surface area contributed by atoms with Gasteiger partial charge in [0.15, 0.2) is 0 Å². The van der Waals surface area contributed by atoms with Crippen LogP contribution >= 0.6 is 0 Å². The number of hydrogen-bond acceptors (Lipinski definition) is 3. The normalized spacial score (nSPS) is 16.7. The van der Waals surface area contributed by atoms with Crippen molar-refractivity contribution in [3.63, 3.8) is 0 Å². The first kappa shape index (κ1) is 12.2. The van der Waals surface area contributed by atoms with Crippen molar-refractivity contribution in [2.24, 2.45) is 0 Å². The van der Waals surface area contributed by atoms with E-state index in [1.54, 1.807) is 7.11 Å². The van der Waals surface area contributed by atoms with Crippen molar-refractivity contribution < 1.29 is 4.74 Å². The first-order chi connectivity index (χ1) is 9.29. The number of nitrogens with zero attached hydrogens (tertiary/aromatic N) is 2. The van der Waals surface area contributed by atoms with Gasteiger partial charge in [0.1, 0.15) is 5.75 Å². The first-order valence-corrected chi connectivity index (χ1v) is 6.85. The summed E-state index contributed by atoms with van der Waals surface area (Å²) in [5.41, 5.74) is 1.73. The van der Waals surface area contributed by atoms with Crippen molar-refractivity contribution in [2.45, 2.75) is 38.1 Å². The van der Waals surface area contributed by atoms with E-state index in [1.165, 1.54) is 25.5 Å². The number of hydrogen-bond donors (Lipinski definition) is 0. The van der Waals surface area contributed by atoms with E-state index < -0.39 is 0 Å². The van der Waals surface area contributed by atoms with Gasteiger partial charge in [-0.1, -0.05) is 19.3 Å². The molecule has 0 saturated heterocycles. The van der Waals surface area contributed by atoms with Crippen molar-refractivity contribution in [3.8, 4) is 5.75 Å². The van der Waals surface area contributed by atoms with E-state index >= 15 is 0 Å². The molecule has 4 heteroatoms. The van der Waals surface area contributed by atoms with Crippen LogP contribution in [0.15, 0.2) is 29.2 Å². The summed E-state index contributed by atoms with van der Waals surface area (Å²) < 4.78 is 7.17. The second-order valence-electron chi connectivity index (χ2n) is 5.11. The summed E-state index contributed by atoms with van der Waals surface area (Å²) in [7, 11) is 1.64. The minimum Gasteiger partial charge on any atom is -0.497 e. The number of ether oxygens (including phenoxy) is 1. The van der Waals surface area contributed by atoms with Crippen molar-refractivity contribution in [3.05, 3.63) is 34.7 Å². The molecule has 1 saturated carbocycles. The third-order valence-electron chi connectivity index (χ3n) is 3.93. The van der Waals surface area contributed by atoms with Gasteiger partial charge in [-0.2, -0.15) is 0 Å². The van der Waals surface area contributed by atoms with E-state index in [9.17, 15) is 4.79 Å². The van der Waals surface area contributed by atoms with Crippen LogP contribution in [0, 0.1) is 0 Å². The molecule has 1 aliphatic rings. The highest BCUT2D eigenvalue weighted by molar-refractivity contribution is 5.76. The van der Waals surface area contributed by atoms with Crippen LogP contribution in [0.25, 0.3) is 11.0 Å². The zero-order valence-corrected chi connectivity index (χ0v) is 11.1. The maximum Gasteiger partial charge on any atom is 0.269 e. The molecule has 1 aromatic heterocycles. The van der Waals surface area contributed by atoms with E-state index in [-0.39, 0.29) is 5.56 Å². The van der Waals surface area contributed by atoms with Crippen LogP contribution in [-0.2, 0) is 0 Å². The van der Waals surface area contributed by atoms with Crippen molar-refractivity contribution in [1.29, 1.82) is 0 Å². The Kier molecular flexibility index (Phi) is 3.23. The molecule has 0 N–H and O–H groups in total. The van der Waals surface area contributed by atoms with Crippen LogP contribution in [0.5, 0.6) is 5.75 Å². The van der Waals surface area contributed by atoms with Gasteiger partial charge in [-0.25, -0.2) is 4.98 Å². The molecule has 1 aliphatic carbocycles. The van der Waals surface area contributed by atoms with Crippen LogP contribution < -0.4 is 10.3 Å². The Morgan fingerprint density at radius 1 is 1.26 bits per heavy atom. The number of rotatable bonds is 2. The molecular weight excluding hydrogens is 240 g/mol. The lowest BCUT2D eigenvalue weighted by atomic mass is 9.95. The lowest BCUT2D eigenvalue weighted by Crippen LogP contribution is -2.26. The highest BCUT2D eigenvalue weighted by Crippen LogP contribution is 2.30. The fourth-order valence-electron chi connectivity index (χ4n) is 2.95. The summed E-state index contributed by atoms with van der Waals surface area (Å²) in [5, 5.41) is 0. The Bertz CT molecular complexity index is 642. The molecule has 1 heterocycles. The third kappa shape index (κ3) is 2.23. The maximum atomic E-state index is 12.2. The minimum atomic E-state index is -0.00680. The molecule has 0 aliphatic heterocycles. The van der Waals surface area contributed by atoms with Crippen molar-refractivity contribution in [1.82, 2.24) is 9.55 Å². The quantitative estimate of drug-likeness (QED) is 0.832. The molecule has 100 valence electrons. The van der Waals surface area contributed by atoms with Gasteiger partial charge < -0.3 is 9.30 Å². The van der Waals surface area contributed by atoms with Crippen molar-refractivity contribution in [2.75, 3.05) is 7.11 Å². The average Bonchev–Trinajstić information content (AvgIpc) is 2.47. The average molecular weight is 258 g/mol. The van der Waals surface area contributed by atoms with E-state index in [0.29, 0.717) is 6.04 Å². The fraction of sp³-hybridized carbons (Fsp3) is 0.467. The molecular formula is C15H18N2O2. The number of methoxy groups -OCH3 is 1. The Morgan fingerprint density at radius 2 is 2.05 bits per heavy atom. The molecule has 19 heavy (non-hydrogen) atoms. The summed E-state index contributed by atoms with van der Waals surface area (Å²) in [6, 6.07) is 6.01. The molecule has 0 atom stereocenters. The molecule has 0 amide bonds. The molecule has 4 nitrogen and oxygen atoms in total. The van der Waals surface area contributed by atoms with Crippen LogP contribution in [0.2, 0.25) is 0 Å². The fourth-order valence-corrected chi connectivity index (χ4v) is 2.95. The Hall–Kier alpha value is -1.84. The molecule has 0 unspecified atom stereocenters. The van der Waals surface area contributed by atoms with Gasteiger partial charge in [-0.3, -0.25) is 4.79 Å². The third-order valence-corrected chi connectivity index (χ3v) is 3.93. The first-order valence-electron chi connectivity index (χ1n) is 6.85. The highest BCUT2D eigenvalue weighted by atomic mass is 16.5. The van der Waals surface area contributed by atoms with Gasteiger partial charge in [0.05, 0.1) is 24.3 Å². The zero-order valence-electron chi connectivity index (χ0n) is 11.1. The second kappa shape index (κ2) is 5.03. The number of fused-ring (bicyclic) bond motifs is 1. The molecule has 0 spiro atoms. The van der Waals surface area contributed by atoms with E-state index in [4.69, 9.17) is 4.74 Å². The Balaban J connectivity index is 2.19. The standard InChI is InChI=1S/C15H18N2O2/c1-19-12-7-8-13-14(9-12)17(15(18)10-16-13)11-5-3-2-4-6-11/h7-11H,2-6H2,1H3. The minimum absolute atomic E-state index is 0.00680. The van der Waals surface area contributed by atoms with Crippen LogP contribution in [-0.4, -0.2) is 16.7 Å². The lowest BCUT2D eigenvalue weighted by Gasteiger charge is -2.25.